The van der Waals surface area contributed by atoms with E-state index in [1.165, 1.54) is 6.92 Å². The molecule has 3 amide bonds. The maximum atomic E-state index is 12.2. The Bertz CT molecular complexity index is 634. The number of carbonyl (C=O) groups excluding carboxylic acids is 3. The van der Waals surface area contributed by atoms with Crippen LogP contribution in [0.5, 0.6) is 0 Å². The summed E-state index contributed by atoms with van der Waals surface area (Å²) in [5, 5.41) is 2.87. The molecule has 6 nitrogen and oxygen atoms in total. The van der Waals surface area contributed by atoms with Crippen LogP contribution in [0.25, 0.3) is 0 Å². The Labute approximate surface area is 142 Å². The lowest BCUT2D eigenvalue weighted by Crippen LogP contribution is -2.50. The number of benzene rings is 1. The van der Waals surface area contributed by atoms with Crippen molar-refractivity contribution in [3.8, 4) is 0 Å². The van der Waals surface area contributed by atoms with Gasteiger partial charge in [0.2, 0.25) is 17.7 Å². The van der Waals surface area contributed by atoms with Gasteiger partial charge in [0.1, 0.15) is 0 Å². The smallest absolute Gasteiger partial charge is 0.224 e. The zero-order valence-corrected chi connectivity index (χ0v) is 14.6. The van der Waals surface area contributed by atoms with Crippen LogP contribution in [0.1, 0.15) is 30.9 Å². The molecule has 0 aliphatic carbocycles. The summed E-state index contributed by atoms with van der Waals surface area (Å²) >= 11 is 0. The van der Waals surface area contributed by atoms with Crippen molar-refractivity contribution < 1.29 is 14.4 Å². The fourth-order valence-corrected chi connectivity index (χ4v) is 2.73. The first-order valence-electron chi connectivity index (χ1n) is 8.27. The number of amides is 3. The number of rotatable bonds is 4. The minimum atomic E-state index is -0.153. The molecule has 1 aromatic carbocycles. The lowest BCUT2D eigenvalue weighted by molar-refractivity contribution is -0.138. The molecule has 0 unspecified atom stereocenters. The number of nitrogens with one attached hydrogen (secondary N) is 1. The topological polar surface area (TPSA) is 69.7 Å². The molecule has 130 valence electrons. The standard InChI is InChI=1S/C18H25N3O3/c1-13-4-5-14(2)16(12-13)19-17(23)6-7-18(24)21-10-8-20(9-11-21)15(3)22/h4-5,12H,6-11H2,1-3H3,(H,19,23). The van der Waals surface area contributed by atoms with Crippen LogP contribution in [0.4, 0.5) is 5.69 Å². The summed E-state index contributed by atoms with van der Waals surface area (Å²) in [5.74, 6) is -0.149. The highest BCUT2D eigenvalue weighted by Gasteiger charge is 2.22. The molecule has 1 aromatic rings. The van der Waals surface area contributed by atoms with Crippen LogP contribution in [-0.4, -0.2) is 53.7 Å². The molecule has 1 aliphatic heterocycles. The lowest BCUT2D eigenvalue weighted by atomic mass is 10.1. The van der Waals surface area contributed by atoms with Crippen LogP contribution in [0.15, 0.2) is 18.2 Å². The number of hydrogen-bond donors (Lipinski definition) is 1. The molecular weight excluding hydrogens is 306 g/mol. The van der Waals surface area contributed by atoms with Crippen molar-refractivity contribution in [1.29, 1.82) is 0 Å². The molecule has 2 rings (SSSR count). The van der Waals surface area contributed by atoms with Gasteiger partial charge in [-0.3, -0.25) is 14.4 Å². The quantitative estimate of drug-likeness (QED) is 0.913. The third-order valence-corrected chi connectivity index (χ3v) is 4.31. The van der Waals surface area contributed by atoms with Crippen molar-refractivity contribution in [2.24, 2.45) is 0 Å². The second-order valence-corrected chi connectivity index (χ2v) is 6.25. The maximum absolute atomic E-state index is 12.2. The number of carbonyl (C=O) groups is 3. The fraction of sp³-hybridized carbons (Fsp3) is 0.500. The molecule has 1 N–H and O–H groups in total. The molecule has 0 spiro atoms. The van der Waals surface area contributed by atoms with Gasteiger partial charge in [-0.25, -0.2) is 0 Å². The van der Waals surface area contributed by atoms with Gasteiger partial charge in [0.05, 0.1) is 0 Å². The molecule has 1 heterocycles. The van der Waals surface area contributed by atoms with E-state index in [-0.39, 0.29) is 30.6 Å². The van der Waals surface area contributed by atoms with E-state index in [0.717, 1.165) is 16.8 Å². The third-order valence-electron chi connectivity index (χ3n) is 4.31. The Balaban J connectivity index is 1.78. The molecule has 1 aliphatic rings. The predicted octanol–water partition coefficient (Wildman–Crippen LogP) is 1.71. The predicted molar refractivity (Wildman–Crippen MR) is 92.6 cm³/mol. The molecule has 0 radical (unpaired) electrons. The molecular formula is C18H25N3O3. The Morgan fingerprint density at radius 1 is 1.00 bits per heavy atom. The average Bonchev–Trinajstić information content (AvgIpc) is 2.56. The fourth-order valence-electron chi connectivity index (χ4n) is 2.73. The van der Waals surface area contributed by atoms with Crippen molar-refractivity contribution in [2.75, 3.05) is 31.5 Å². The molecule has 0 bridgehead atoms. The van der Waals surface area contributed by atoms with Gasteiger partial charge < -0.3 is 15.1 Å². The third kappa shape index (κ3) is 4.81. The van der Waals surface area contributed by atoms with Crippen molar-refractivity contribution >= 4 is 23.4 Å². The number of anilines is 1. The zero-order chi connectivity index (χ0) is 17.7. The molecule has 6 heteroatoms. The van der Waals surface area contributed by atoms with E-state index in [4.69, 9.17) is 0 Å². The van der Waals surface area contributed by atoms with Crippen LogP contribution < -0.4 is 5.32 Å². The highest BCUT2D eigenvalue weighted by atomic mass is 16.2. The van der Waals surface area contributed by atoms with Crippen molar-refractivity contribution in [1.82, 2.24) is 9.80 Å². The van der Waals surface area contributed by atoms with Gasteiger partial charge in [-0.05, 0) is 31.0 Å². The summed E-state index contributed by atoms with van der Waals surface area (Å²) < 4.78 is 0. The Morgan fingerprint density at radius 2 is 1.62 bits per heavy atom. The summed E-state index contributed by atoms with van der Waals surface area (Å²) in [4.78, 5) is 39.0. The molecule has 1 fully saturated rings. The maximum Gasteiger partial charge on any atom is 0.224 e. The van der Waals surface area contributed by atoms with Gasteiger partial charge in [-0.1, -0.05) is 12.1 Å². The van der Waals surface area contributed by atoms with Gasteiger partial charge in [-0.2, -0.15) is 0 Å². The Hall–Kier alpha value is -2.37. The minimum absolute atomic E-state index is 0.0330. The van der Waals surface area contributed by atoms with Crippen molar-refractivity contribution in [3.05, 3.63) is 29.3 Å². The van der Waals surface area contributed by atoms with E-state index in [1.54, 1.807) is 9.80 Å². The van der Waals surface area contributed by atoms with Crippen LogP contribution >= 0.6 is 0 Å². The van der Waals surface area contributed by atoms with Crippen LogP contribution in [0.2, 0.25) is 0 Å². The van der Waals surface area contributed by atoms with E-state index in [1.807, 2.05) is 32.0 Å². The van der Waals surface area contributed by atoms with Crippen molar-refractivity contribution in [2.45, 2.75) is 33.6 Å². The Morgan fingerprint density at radius 3 is 2.25 bits per heavy atom. The van der Waals surface area contributed by atoms with Crippen LogP contribution in [0, 0.1) is 13.8 Å². The lowest BCUT2D eigenvalue weighted by Gasteiger charge is -2.34. The first-order chi connectivity index (χ1) is 11.4. The first kappa shape index (κ1) is 18.0. The molecule has 24 heavy (non-hydrogen) atoms. The van der Waals surface area contributed by atoms with Crippen molar-refractivity contribution in [3.63, 3.8) is 0 Å². The Kier molecular flexibility index (Phi) is 5.95. The SMILES string of the molecule is CC(=O)N1CCN(C(=O)CCC(=O)Nc2cc(C)ccc2C)CC1. The number of hydrogen-bond acceptors (Lipinski definition) is 3. The van der Waals surface area contributed by atoms with E-state index in [0.29, 0.717) is 26.2 Å². The number of piperazine rings is 1. The van der Waals surface area contributed by atoms with E-state index in [2.05, 4.69) is 5.32 Å². The molecule has 0 atom stereocenters. The second kappa shape index (κ2) is 7.95. The van der Waals surface area contributed by atoms with E-state index in [9.17, 15) is 14.4 Å². The summed E-state index contributed by atoms with van der Waals surface area (Å²) in [6.45, 7) is 7.66. The molecule has 1 saturated heterocycles. The highest BCUT2D eigenvalue weighted by Crippen LogP contribution is 2.17. The monoisotopic (exact) mass is 331 g/mol. The summed E-state index contributed by atoms with van der Waals surface area (Å²) in [7, 11) is 0. The van der Waals surface area contributed by atoms with Gasteiger partial charge in [0, 0.05) is 51.6 Å². The first-order valence-corrected chi connectivity index (χ1v) is 8.27. The van der Waals surface area contributed by atoms with Gasteiger partial charge in [0.25, 0.3) is 0 Å². The van der Waals surface area contributed by atoms with Crippen LogP contribution in [0.3, 0.4) is 0 Å². The van der Waals surface area contributed by atoms with E-state index >= 15 is 0 Å². The summed E-state index contributed by atoms with van der Waals surface area (Å²) in [5.41, 5.74) is 2.87. The second-order valence-electron chi connectivity index (χ2n) is 6.25. The highest BCUT2D eigenvalue weighted by molar-refractivity contribution is 5.94. The number of nitrogens with zero attached hydrogens (tertiary/aromatic N) is 2. The number of aryl methyl sites for hydroxylation is 2. The summed E-state index contributed by atoms with van der Waals surface area (Å²) in [6, 6.07) is 5.88. The van der Waals surface area contributed by atoms with Gasteiger partial charge in [-0.15, -0.1) is 0 Å². The zero-order valence-electron chi connectivity index (χ0n) is 14.6. The van der Waals surface area contributed by atoms with E-state index < -0.39 is 0 Å². The van der Waals surface area contributed by atoms with Gasteiger partial charge in [0.15, 0.2) is 0 Å². The minimum Gasteiger partial charge on any atom is -0.339 e. The van der Waals surface area contributed by atoms with Gasteiger partial charge >= 0.3 is 0 Å². The van der Waals surface area contributed by atoms with Crippen LogP contribution in [-0.2, 0) is 14.4 Å². The largest absolute Gasteiger partial charge is 0.339 e. The molecule has 0 saturated carbocycles. The molecule has 0 aromatic heterocycles. The summed E-state index contributed by atoms with van der Waals surface area (Å²) in [6.07, 6.45) is 0.357. The average molecular weight is 331 g/mol. The normalized spacial score (nSPS) is 14.5.